The fraction of sp³-hybridized carbons (Fsp3) is 0.571. The van der Waals surface area contributed by atoms with Crippen molar-refractivity contribution in [2.45, 2.75) is 25.2 Å². The molecular weight excluding hydrogens is 379 g/mol. The van der Waals surface area contributed by atoms with Gasteiger partial charge in [-0.2, -0.15) is 0 Å². The second kappa shape index (κ2) is 8.57. The molecule has 0 N–H and O–H groups in total. The number of alkyl halides is 2. The molecule has 1 aromatic carbocycles. The summed E-state index contributed by atoms with van der Waals surface area (Å²) in [6, 6.07) is 8.10. The molecule has 0 fully saturated rings. The molecule has 0 bridgehead atoms. The summed E-state index contributed by atoms with van der Waals surface area (Å²) in [5.74, 6) is 0. The van der Waals surface area contributed by atoms with Crippen molar-refractivity contribution in [2.75, 3.05) is 23.9 Å². The van der Waals surface area contributed by atoms with Gasteiger partial charge >= 0.3 is 0 Å². The van der Waals surface area contributed by atoms with Crippen LogP contribution in [0.4, 0.5) is 0 Å². The van der Waals surface area contributed by atoms with E-state index in [4.69, 9.17) is 16.3 Å². The molecule has 1 aromatic rings. The summed E-state index contributed by atoms with van der Waals surface area (Å²) >= 11 is 13.2. The third kappa shape index (κ3) is 4.52. The molecule has 0 aliphatic rings. The molecule has 0 heterocycles. The van der Waals surface area contributed by atoms with E-state index in [0.29, 0.717) is 0 Å². The van der Waals surface area contributed by atoms with Gasteiger partial charge in [-0.3, -0.25) is 0 Å². The SMILES string of the molecule is CCCOCCC(CBr)(CBr)c1ccc(Cl)cc1. The highest BCUT2D eigenvalue weighted by Gasteiger charge is 2.29. The Hall–Kier alpha value is 0.430. The van der Waals surface area contributed by atoms with E-state index < -0.39 is 0 Å². The van der Waals surface area contributed by atoms with E-state index in [1.807, 2.05) is 12.1 Å². The first-order chi connectivity index (χ1) is 8.68. The van der Waals surface area contributed by atoms with Gasteiger partial charge in [0, 0.05) is 34.3 Å². The lowest BCUT2D eigenvalue weighted by Gasteiger charge is -2.30. The molecule has 1 rings (SSSR count). The number of halogens is 3. The molecule has 18 heavy (non-hydrogen) atoms. The van der Waals surface area contributed by atoms with Gasteiger partial charge in [-0.15, -0.1) is 0 Å². The predicted molar refractivity (Wildman–Crippen MR) is 86.4 cm³/mol. The lowest BCUT2D eigenvalue weighted by molar-refractivity contribution is 0.120. The number of hydrogen-bond donors (Lipinski definition) is 0. The number of hydrogen-bond acceptors (Lipinski definition) is 1. The topological polar surface area (TPSA) is 9.23 Å². The van der Waals surface area contributed by atoms with Crippen LogP contribution in [0, 0.1) is 0 Å². The predicted octanol–water partition coefficient (Wildman–Crippen LogP) is 5.18. The Balaban J connectivity index is 2.75. The second-order valence-corrected chi connectivity index (χ2v) is 5.97. The van der Waals surface area contributed by atoms with Crippen LogP contribution in [0.1, 0.15) is 25.3 Å². The molecule has 0 aromatic heterocycles. The molecule has 4 heteroatoms. The molecule has 102 valence electrons. The van der Waals surface area contributed by atoms with Gasteiger partial charge in [-0.1, -0.05) is 62.5 Å². The van der Waals surface area contributed by atoms with Crippen molar-refractivity contribution < 1.29 is 4.74 Å². The van der Waals surface area contributed by atoms with Crippen molar-refractivity contribution >= 4 is 43.5 Å². The summed E-state index contributed by atoms with van der Waals surface area (Å²) in [5, 5.41) is 2.59. The number of benzene rings is 1. The van der Waals surface area contributed by atoms with Crippen molar-refractivity contribution in [2.24, 2.45) is 0 Å². The van der Waals surface area contributed by atoms with Crippen molar-refractivity contribution in [1.29, 1.82) is 0 Å². The van der Waals surface area contributed by atoms with Gasteiger partial charge in [0.15, 0.2) is 0 Å². The van der Waals surface area contributed by atoms with E-state index in [2.05, 4.69) is 50.9 Å². The highest BCUT2D eigenvalue weighted by molar-refractivity contribution is 9.09. The molecule has 0 saturated heterocycles. The standard InChI is InChI=1S/C14H19Br2ClO/c1-2-8-18-9-7-14(10-15,11-16)12-3-5-13(17)6-4-12/h3-6H,2,7-11H2,1H3. The van der Waals surface area contributed by atoms with Crippen molar-refractivity contribution in [3.05, 3.63) is 34.9 Å². The smallest absolute Gasteiger partial charge is 0.0475 e. The third-order valence-corrected chi connectivity index (χ3v) is 5.44. The Kier molecular flexibility index (Phi) is 7.85. The van der Waals surface area contributed by atoms with Gasteiger partial charge in [0.05, 0.1) is 0 Å². The summed E-state index contributed by atoms with van der Waals surface area (Å²) in [6.45, 7) is 3.75. The quantitative estimate of drug-likeness (QED) is 0.433. The highest BCUT2D eigenvalue weighted by Crippen LogP contribution is 2.33. The molecule has 1 nitrogen and oxygen atoms in total. The maximum absolute atomic E-state index is 5.95. The van der Waals surface area contributed by atoms with E-state index in [-0.39, 0.29) is 5.41 Å². The Morgan fingerprint density at radius 2 is 1.72 bits per heavy atom. The van der Waals surface area contributed by atoms with Gasteiger partial charge < -0.3 is 4.74 Å². The Bertz CT molecular complexity index is 336. The molecule has 0 aliphatic carbocycles. The Morgan fingerprint density at radius 3 is 2.22 bits per heavy atom. The van der Waals surface area contributed by atoms with Gasteiger partial charge in [0.25, 0.3) is 0 Å². The van der Waals surface area contributed by atoms with Crippen LogP contribution in [0.5, 0.6) is 0 Å². The van der Waals surface area contributed by atoms with Crippen LogP contribution in [0.3, 0.4) is 0 Å². The molecular formula is C14H19Br2ClO. The zero-order valence-electron chi connectivity index (χ0n) is 10.6. The van der Waals surface area contributed by atoms with E-state index in [1.165, 1.54) is 5.56 Å². The van der Waals surface area contributed by atoms with E-state index in [9.17, 15) is 0 Å². The van der Waals surface area contributed by atoms with Crippen LogP contribution in [0.2, 0.25) is 5.02 Å². The van der Waals surface area contributed by atoms with Gasteiger partial charge in [-0.05, 0) is 30.5 Å². The van der Waals surface area contributed by atoms with Crippen LogP contribution in [0.25, 0.3) is 0 Å². The minimum absolute atomic E-state index is 0.0678. The maximum atomic E-state index is 5.95. The molecule has 0 radical (unpaired) electrons. The molecule has 0 amide bonds. The number of rotatable bonds is 8. The molecule has 0 spiro atoms. The summed E-state index contributed by atoms with van der Waals surface area (Å²) in [5.41, 5.74) is 1.36. The summed E-state index contributed by atoms with van der Waals surface area (Å²) in [7, 11) is 0. The van der Waals surface area contributed by atoms with E-state index in [0.717, 1.165) is 41.7 Å². The molecule has 0 saturated carbocycles. The molecule has 0 atom stereocenters. The average molecular weight is 399 g/mol. The molecule has 0 aliphatic heterocycles. The van der Waals surface area contributed by atoms with Crippen molar-refractivity contribution in [3.63, 3.8) is 0 Å². The Labute approximate surface area is 132 Å². The van der Waals surface area contributed by atoms with Crippen LogP contribution in [-0.2, 0) is 10.2 Å². The lowest BCUT2D eigenvalue weighted by Crippen LogP contribution is -2.31. The lowest BCUT2D eigenvalue weighted by atomic mass is 9.82. The summed E-state index contributed by atoms with van der Waals surface area (Å²) in [6.07, 6.45) is 2.06. The van der Waals surface area contributed by atoms with Crippen LogP contribution >= 0.6 is 43.5 Å². The number of ether oxygens (including phenoxy) is 1. The average Bonchev–Trinajstić information content (AvgIpc) is 2.41. The van der Waals surface area contributed by atoms with Crippen LogP contribution in [-0.4, -0.2) is 23.9 Å². The first-order valence-electron chi connectivity index (χ1n) is 6.14. The minimum Gasteiger partial charge on any atom is -0.381 e. The minimum atomic E-state index is 0.0678. The van der Waals surface area contributed by atoms with Crippen LogP contribution in [0.15, 0.2) is 24.3 Å². The maximum Gasteiger partial charge on any atom is 0.0475 e. The van der Waals surface area contributed by atoms with E-state index >= 15 is 0 Å². The van der Waals surface area contributed by atoms with E-state index in [1.54, 1.807) is 0 Å². The largest absolute Gasteiger partial charge is 0.381 e. The summed E-state index contributed by atoms with van der Waals surface area (Å²) in [4.78, 5) is 0. The van der Waals surface area contributed by atoms with Gasteiger partial charge in [0.1, 0.15) is 0 Å². The Morgan fingerprint density at radius 1 is 1.11 bits per heavy atom. The van der Waals surface area contributed by atoms with Crippen molar-refractivity contribution in [1.82, 2.24) is 0 Å². The van der Waals surface area contributed by atoms with Gasteiger partial charge in [-0.25, -0.2) is 0 Å². The zero-order valence-corrected chi connectivity index (χ0v) is 14.5. The normalized spacial score (nSPS) is 11.8. The first-order valence-corrected chi connectivity index (χ1v) is 8.76. The monoisotopic (exact) mass is 396 g/mol. The van der Waals surface area contributed by atoms with Gasteiger partial charge in [0.2, 0.25) is 0 Å². The highest BCUT2D eigenvalue weighted by atomic mass is 79.9. The van der Waals surface area contributed by atoms with Crippen LogP contribution < -0.4 is 0 Å². The second-order valence-electron chi connectivity index (χ2n) is 4.42. The third-order valence-electron chi connectivity index (χ3n) is 3.04. The molecule has 0 unspecified atom stereocenters. The first kappa shape index (κ1) is 16.5. The fourth-order valence-electron chi connectivity index (χ4n) is 1.79. The summed E-state index contributed by atoms with van der Waals surface area (Å²) < 4.78 is 5.62. The fourth-order valence-corrected chi connectivity index (χ4v) is 4.05. The zero-order chi connectivity index (χ0) is 13.4. The van der Waals surface area contributed by atoms with Crippen molar-refractivity contribution in [3.8, 4) is 0 Å².